The highest BCUT2D eigenvalue weighted by atomic mass is 32.2. The Kier molecular flexibility index (Phi) is 7.32. The first kappa shape index (κ1) is 25.0. The molecule has 0 unspecified atom stereocenters. The summed E-state index contributed by atoms with van der Waals surface area (Å²) >= 11 is 6.62. The molecular weight excluding hydrogens is 476 g/mol. The van der Waals surface area contributed by atoms with Gasteiger partial charge in [-0.3, -0.25) is 10.1 Å². The zero-order valence-corrected chi connectivity index (χ0v) is 21.5. The minimum Gasteiger partial charge on any atom is -0.308 e. The molecule has 0 aliphatic carbocycles. The fourth-order valence-electron chi connectivity index (χ4n) is 2.90. The summed E-state index contributed by atoms with van der Waals surface area (Å²) in [6, 6.07) is 13.9. The number of carbonyl (C=O) groups excluding carboxylic acids is 1. The van der Waals surface area contributed by atoms with Crippen LogP contribution in [0.2, 0.25) is 0 Å². The third kappa shape index (κ3) is 6.02. The minimum atomic E-state index is -3.56. The molecule has 0 saturated carbocycles. The van der Waals surface area contributed by atoms with E-state index >= 15 is 0 Å². The van der Waals surface area contributed by atoms with Gasteiger partial charge >= 0.3 is 0 Å². The number of amides is 1. The highest BCUT2D eigenvalue weighted by Gasteiger charge is 2.18. The highest BCUT2D eigenvalue weighted by Crippen LogP contribution is 2.28. The molecule has 0 aliphatic rings. The van der Waals surface area contributed by atoms with Crippen LogP contribution in [-0.4, -0.2) is 42.8 Å². The lowest BCUT2D eigenvalue weighted by Gasteiger charge is -2.18. The molecule has 1 aromatic heterocycles. The van der Waals surface area contributed by atoms with Crippen LogP contribution < -0.4 is 10.6 Å². The Morgan fingerprint density at radius 1 is 1.03 bits per heavy atom. The average molecular weight is 503 g/mol. The number of anilines is 1. The van der Waals surface area contributed by atoms with E-state index in [1.54, 1.807) is 0 Å². The molecule has 33 heavy (non-hydrogen) atoms. The van der Waals surface area contributed by atoms with Gasteiger partial charge in [0.05, 0.1) is 10.6 Å². The number of nitrogens with one attached hydrogen (secondary N) is 2. The smallest absolute Gasteiger partial charge is 0.257 e. The maximum Gasteiger partial charge on any atom is 0.257 e. The van der Waals surface area contributed by atoms with Crippen LogP contribution >= 0.6 is 23.6 Å². The predicted molar refractivity (Wildman–Crippen MR) is 137 cm³/mol. The van der Waals surface area contributed by atoms with Crippen molar-refractivity contribution in [3.63, 3.8) is 0 Å². The number of hydrogen-bond acceptors (Lipinski definition) is 6. The van der Waals surface area contributed by atoms with Gasteiger partial charge in [-0.05, 0) is 47.5 Å². The van der Waals surface area contributed by atoms with E-state index in [2.05, 4.69) is 48.5 Å². The monoisotopic (exact) mass is 502 g/mol. The first-order chi connectivity index (χ1) is 15.4. The Labute approximate surface area is 203 Å². The Morgan fingerprint density at radius 3 is 2.18 bits per heavy atom. The molecule has 1 heterocycles. The minimum absolute atomic E-state index is 0.0820. The van der Waals surface area contributed by atoms with Crippen LogP contribution in [0.15, 0.2) is 58.8 Å². The Hall–Kier alpha value is -2.66. The molecule has 3 rings (SSSR count). The molecular formula is C23H26N4O3S3. The molecule has 0 spiro atoms. The van der Waals surface area contributed by atoms with Crippen LogP contribution in [0.1, 0.15) is 36.7 Å². The fourth-order valence-corrected chi connectivity index (χ4v) is 4.78. The summed E-state index contributed by atoms with van der Waals surface area (Å²) in [5.74, 6) is -0.448. The van der Waals surface area contributed by atoms with Crippen molar-refractivity contribution in [3.05, 3.63) is 65.0 Å². The van der Waals surface area contributed by atoms with Gasteiger partial charge in [-0.15, -0.1) is 11.3 Å². The van der Waals surface area contributed by atoms with Crippen molar-refractivity contribution in [2.45, 2.75) is 31.1 Å². The van der Waals surface area contributed by atoms with E-state index < -0.39 is 15.9 Å². The van der Waals surface area contributed by atoms with Gasteiger partial charge in [-0.1, -0.05) is 45.0 Å². The van der Waals surface area contributed by atoms with Crippen molar-refractivity contribution < 1.29 is 13.2 Å². The van der Waals surface area contributed by atoms with E-state index in [0.717, 1.165) is 15.6 Å². The van der Waals surface area contributed by atoms with Crippen LogP contribution in [0.4, 0.5) is 5.13 Å². The van der Waals surface area contributed by atoms with Crippen molar-refractivity contribution in [2.24, 2.45) is 0 Å². The topological polar surface area (TPSA) is 91.4 Å². The number of sulfonamides is 1. The van der Waals surface area contributed by atoms with Gasteiger partial charge in [0, 0.05) is 30.6 Å². The third-order valence-corrected chi connectivity index (χ3v) is 7.68. The summed E-state index contributed by atoms with van der Waals surface area (Å²) in [4.78, 5) is 17.1. The number of carbonyl (C=O) groups is 1. The van der Waals surface area contributed by atoms with Gasteiger partial charge in [-0.2, -0.15) is 0 Å². The summed E-state index contributed by atoms with van der Waals surface area (Å²) in [7, 11) is -0.658. The second-order valence-electron chi connectivity index (χ2n) is 8.59. The van der Waals surface area contributed by atoms with Crippen molar-refractivity contribution in [1.82, 2.24) is 14.6 Å². The lowest BCUT2D eigenvalue weighted by molar-refractivity contribution is 0.0977. The van der Waals surface area contributed by atoms with Crippen LogP contribution in [0.3, 0.4) is 0 Å². The molecule has 0 radical (unpaired) electrons. The zero-order valence-electron chi connectivity index (χ0n) is 19.0. The summed E-state index contributed by atoms with van der Waals surface area (Å²) in [5, 5.41) is 8.09. The Bertz CT molecular complexity index is 1260. The fraction of sp³-hybridized carbons (Fsp3) is 0.261. The molecule has 0 saturated heterocycles. The standard InChI is InChI=1S/C23H26N4O3S3/c1-23(2,3)17-10-6-15(7-11-17)19-14-32-22(24-19)26-21(31)25-20(28)16-8-12-18(13-9-16)33(29,30)27(4)5/h6-14H,1-5H3,(H2,24,25,26,28,31). The maximum atomic E-state index is 12.5. The maximum absolute atomic E-state index is 12.5. The van der Waals surface area contributed by atoms with Crippen LogP contribution in [0.25, 0.3) is 11.3 Å². The quantitative estimate of drug-likeness (QED) is 0.500. The predicted octanol–water partition coefficient (Wildman–Crippen LogP) is 4.48. The summed E-state index contributed by atoms with van der Waals surface area (Å²) in [6.07, 6.45) is 0. The first-order valence-corrected chi connectivity index (χ1v) is 12.8. The van der Waals surface area contributed by atoms with Gasteiger partial charge in [0.15, 0.2) is 10.2 Å². The molecule has 10 heteroatoms. The lowest BCUT2D eigenvalue weighted by atomic mass is 9.86. The molecule has 1 amide bonds. The van der Waals surface area contributed by atoms with Gasteiger partial charge in [-0.25, -0.2) is 17.7 Å². The summed E-state index contributed by atoms with van der Waals surface area (Å²) in [6.45, 7) is 6.51. The Balaban J connectivity index is 1.62. The summed E-state index contributed by atoms with van der Waals surface area (Å²) < 4.78 is 25.4. The molecule has 0 fully saturated rings. The van der Waals surface area contributed by atoms with Gasteiger partial charge in [0.25, 0.3) is 5.91 Å². The molecule has 2 aromatic carbocycles. The molecule has 0 aliphatic heterocycles. The first-order valence-electron chi connectivity index (χ1n) is 10.1. The number of hydrogen-bond donors (Lipinski definition) is 2. The molecule has 3 aromatic rings. The Morgan fingerprint density at radius 2 is 1.64 bits per heavy atom. The van der Waals surface area contributed by atoms with E-state index in [1.807, 2.05) is 17.5 Å². The number of aromatic nitrogens is 1. The van der Waals surface area contributed by atoms with E-state index in [0.29, 0.717) is 5.13 Å². The van der Waals surface area contributed by atoms with Gasteiger partial charge in [0.1, 0.15) is 0 Å². The van der Waals surface area contributed by atoms with E-state index in [-0.39, 0.29) is 21.0 Å². The van der Waals surface area contributed by atoms with Crippen molar-refractivity contribution >= 4 is 49.7 Å². The van der Waals surface area contributed by atoms with Gasteiger partial charge in [0.2, 0.25) is 10.0 Å². The second-order valence-corrected chi connectivity index (χ2v) is 12.0. The molecule has 0 atom stereocenters. The van der Waals surface area contributed by atoms with Crippen LogP contribution in [0.5, 0.6) is 0 Å². The lowest BCUT2D eigenvalue weighted by Crippen LogP contribution is -2.34. The third-order valence-electron chi connectivity index (χ3n) is 4.89. The van der Waals surface area contributed by atoms with E-state index in [1.165, 1.54) is 55.3 Å². The molecule has 2 N–H and O–H groups in total. The molecule has 0 bridgehead atoms. The van der Waals surface area contributed by atoms with Crippen LogP contribution in [0, 0.1) is 0 Å². The van der Waals surface area contributed by atoms with Crippen molar-refractivity contribution in [2.75, 3.05) is 19.4 Å². The molecule has 7 nitrogen and oxygen atoms in total. The van der Waals surface area contributed by atoms with Crippen molar-refractivity contribution in [3.8, 4) is 11.3 Å². The zero-order chi connectivity index (χ0) is 24.4. The largest absolute Gasteiger partial charge is 0.308 e. The number of nitrogens with zero attached hydrogens (tertiary/aromatic N) is 2. The van der Waals surface area contributed by atoms with E-state index in [9.17, 15) is 13.2 Å². The van der Waals surface area contributed by atoms with Crippen molar-refractivity contribution in [1.29, 1.82) is 0 Å². The number of benzene rings is 2. The number of rotatable bonds is 5. The SMILES string of the molecule is CN(C)S(=O)(=O)c1ccc(C(=O)NC(=S)Nc2nc(-c3ccc(C(C)(C)C)cc3)cs2)cc1. The number of thiocarbonyl (C=S) groups is 1. The van der Waals surface area contributed by atoms with Gasteiger partial charge < -0.3 is 5.32 Å². The number of thiazole rings is 1. The van der Waals surface area contributed by atoms with Crippen LogP contribution in [-0.2, 0) is 15.4 Å². The highest BCUT2D eigenvalue weighted by molar-refractivity contribution is 7.89. The molecule has 174 valence electrons. The second kappa shape index (κ2) is 9.68. The average Bonchev–Trinajstić information content (AvgIpc) is 3.21. The van der Waals surface area contributed by atoms with E-state index in [4.69, 9.17) is 12.2 Å². The summed E-state index contributed by atoms with van der Waals surface area (Å²) in [5.41, 5.74) is 3.43. The normalized spacial score (nSPS) is 11.9.